The van der Waals surface area contributed by atoms with Crippen LogP contribution in [0.1, 0.15) is 40.5 Å². The zero-order chi connectivity index (χ0) is 13.7. The summed E-state index contributed by atoms with van der Waals surface area (Å²) in [4.78, 5) is 11.7. The minimum Gasteiger partial charge on any atom is -0.466 e. The van der Waals surface area contributed by atoms with E-state index in [1.165, 1.54) is 6.04 Å². The molecule has 0 aromatic heterocycles. The molecule has 0 bridgehead atoms. The first-order valence-electron chi connectivity index (χ1n) is 6.70. The van der Waals surface area contributed by atoms with Crippen molar-refractivity contribution in [1.29, 1.82) is 0 Å². The predicted octanol–water partition coefficient (Wildman–Crippen LogP) is 4.33. The Kier molecular flexibility index (Phi) is 6.45. The minimum atomic E-state index is -0.985. The second-order valence-corrected chi connectivity index (χ2v) is 12.8. The number of carbonyl (C=O) groups is 1. The molecule has 0 aliphatic carbocycles. The van der Waals surface area contributed by atoms with Crippen LogP contribution in [-0.4, -0.2) is 20.7 Å². The molecule has 0 aliphatic rings. The van der Waals surface area contributed by atoms with Crippen LogP contribution >= 0.6 is 0 Å². The fourth-order valence-corrected chi connectivity index (χ4v) is 2.62. The average Bonchev–Trinajstić information content (AvgIpc) is 2.10. The number of esters is 1. The van der Waals surface area contributed by atoms with Crippen molar-refractivity contribution in [3.8, 4) is 0 Å². The molecule has 0 fully saturated rings. The van der Waals surface area contributed by atoms with Crippen molar-refractivity contribution in [2.45, 2.75) is 66.2 Å². The highest BCUT2D eigenvalue weighted by atomic mass is 28.3. The maximum absolute atomic E-state index is 11.7. The Balaban J connectivity index is 3.82. The number of ether oxygens (including phenoxy) is 1. The fraction of sp³-hybridized carbons (Fsp3) is 0.929. The molecule has 0 aromatic rings. The van der Waals surface area contributed by atoms with E-state index < -0.39 is 8.07 Å². The Hall–Kier alpha value is -0.313. The smallest absolute Gasteiger partial charge is 0.306 e. The lowest BCUT2D eigenvalue weighted by Gasteiger charge is -2.28. The molecule has 0 aliphatic heterocycles. The van der Waals surface area contributed by atoms with Gasteiger partial charge < -0.3 is 4.74 Å². The van der Waals surface area contributed by atoms with Crippen LogP contribution in [0.15, 0.2) is 0 Å². The molecule has 3 heteroatoms. The van der Waals surface area contributed by atoms with Crippen molar-refractivity contribution >= 4 is 14.0 Å². The van der Waals surface area contributed by atoms with Gasteiger partial charge >= 0.3 is 5.97 Å². The van der Waals surface area contributed by atoms with Crippen molar-refractivity contribution in [1.82, 2.24) is 0 Å². The highest BCUT2D eigenvalue weighted by Gasteiger charge is 2.26. The van der Waals surface area contributed by atoms with E-state index in [1.54, 1.807) is 0 Å². The molecule has 17 heavy (non-hydrogen) atoms. The highest BCUT2D eigenvalue weighted by Crippen LogP contribution is 2.30. The Morgan fingerprint density at radius 1 is 1.24 bits per heavy atom. The number of carbonyl (C=O) groups excluding carboxylic acids is 1. The molecule has 2 nitrogen and oxygen atoms in total. The van der Waals surface area contributed by atoms with Gasteiger partial charge in [-0.3, -0.25) is 4.79 Å². The van der Waals surface area contributed by atoms with E-state index in [2.05, 4.69) is 47.3 Å². The van der Waals surface area contributed by atoms with Crippen molar-refractivity contribution in [2.75, 3.05) is 6.61 Å². The molecule has 102 valence electrons. The zero-order valence-corrected chi connectivity index (χ0v) is 13.7. The van der Waals surface area contributed by atoms with Gasteiger partial charge in [-0.25, -0.2) is 0 Å². The van der Waals surface area contributed by atoms with Crippen molar-refractivity contribution in [3.63, 3.8) is 0 Å². The molecular weight excluding hydrogens is 228 g/mol. The summed E-state index contributed by atoms with van der Waals surface area (Å²) in [6, 6.07) is 1.23. The molecule has 0 N–H and O–H groups in total. The van der Waals surface area contributed by atoms with Crippen LogP contribution in [0, 0.1) is 11.3 Å². The van der Waals surface area contributed by atoms with Crippen molar-refractivity contribution < 1.29 is 9.53 Å². The molecule has 0 radical (unpaired) electrons. The normalized spacial score (nSPS) is 12.9. The largest absolute Gasteiger partial charge is 0.466 e. The van der Waals surface area contributed by atoms with Gasteiger partial charge in [0.05, 0.1) is 13.0 Å². The molecule has 0 heterocycles. The third kappa shape index (κ3) is 8.42. The summed E-state index contributed by atoms with van der Waals surface area (Å²) in [6.07, 6.45) is 1.54. The minimum absolute atomic E-state index is 0.0376. The molecule has 0 saturated carbocycles. The summed E-state index contributed by atoms with van der Waals surface area (Å²) in [5, 5.41) is 0. The third-order valence-electron chi connectivity index (χ3n) is 3.50. The van der Waals surface area contributed by atoms with E-state index in [0.717, 1.165) is 6.42 Å². The Labute approximate surface area is 108 Å². The first kappa shape index (κ1) is 16.7. The third-order valence-corrected chi connectivity index (χ3v) is 5.35. The molecule has 0 unspecified atom stereocenters. The lowest BCUT2D eigenvalue weighted by Crippen LogP contribution is -2.25. The first-order chi connectivity index (χ1) is 7.54. The summed E-state index contributed by atoms with van der Waals surface area (Å²) in [5.41, 5.74) is 0.0376. The van der Waals surface area contributed by atoms with Gasteiger partial charge in [0, 0.05) is 8.07 Å². The maximum Gasteiger partial charge on any atom is 0.306 e. The average molecular weight is 258 g/mol. The SMILES string of the molecule is CC(C)C(C)(C)CC(=O)OCCC[Si](C)(C)C. The van der Waals surface area contributed by atoms with Gasteiger partial charge in [-0.2, -0.15) is 0 Å². The molecule has 0 atom stereocenters. The summed E-state index contributed by atoms with van der Waals surface area (Å²) in [5.74, 6) is 0.455. The quantitative estimate of drug-likeness (QED) is 0.386. The van der Waals surface area contributed by atoms with E-state index in [9.17, 15) is 4.79 Å². The second kappa shape index (κ2) is 6.57. The van der Waals surface area contributed by atoms with Gasteiger partial charge in [-0.1, -0.05) is 53.4 Å². The van der Waals surface area contributed by atoms with Gasteiger partial charge in [-0.05, 0) is 17.8 Å². The summed E-state index contributed by atoms with van der Waals surface area (Å²) >= 11 is 0. The number of rotatable bonds is 7. The van der Waals surface area contributed by atoms with E-state index in [4.69, 9.17) is 4.74 Å². The van der Waals surface area contributed by atoms with Crippen LogP contribution in [0.4, 0.5) is 0 Å². The van der Waals surface area contributed by atoms with Crippen molar-refractivity contribution in [3.05, 3.63) is 0 Å². The monoisotopic (exact) mass is 258 g/mol. The molecule has 0 spiro atoms. The van der Waals surface area contributed by atoms with Gasteiger partial charge in [0.2, 0.25) is 0 Å². The Morgan fingerprint density at radius 2 is 1.76 bits per heavy atom. The summed E-state index contributed by atoms with van der Waals surface area (Å²) in [7, 11) is -0.985. The number of hydrogen-bond donors (Lipinski definition) is 0. The van der Waals surface area contributed by atoms with Crippen LogP contribution in [0.25, 0.3) is 0 Å². The van der Waals surface area contributed by atoms with Gasteiger partial charge in [0.1, 0.15) is 0 Å². The lowest BCUT2D eigenvalue weighted by atomic mass is 9.78. The van der Waals surface area contributed by atoms with E-state index in [0.29, 0.717) is 18.9 Å². The standard InChI is InChI=1S/C14H30O2Si/c1-12(2)14(3,4)11-13(15)16-9-8-10-17(5,6)7/h12H,8-11H2,1-7H3. The molecule has 0 amide bonds. The molecule has 0 rings (SSSR count). The Bertz CT molecular complexity index is 239. The van der Waals surface area contributed by atoms with Gasteiger partial charge in [-0.15, -0.1) is 0 Å². The van der Waals surface area contributed by atoms with Crippen molar-refractivity contribution in [2.24, 2.45) is 11.3 Å². The number of hydrogen-bond acceptors (Lipinski definition) is 2. The van der Waals surface area contributed by atoms with Gasteiger partial charge in [0.15, 0.2) is 0 Å². The maximum atomic E-state index is 11.7. The van der Waals surface area contributed by atoms with E-state index >= 15 is 0 Å². The lowest BCUT2D eigenvalue weighted by molar-refractivity contribution is -0.146. The Morgan fingerprint density at radius 3 is 2.18 bits per heavy atom. The van der Waals surface area contributed by atoms with Crippen LogP contribution < -0.4 is 0 Å². The molecule has 0 aromatic carbocycles. The van der Waals surface area contributed by atoms with E-state index in [-0.39, 0.29) is 11.4 Å². The summed E-state index contributed by atoms with van der Waals surface area (Å²) in [6.45, 7) is 16.2. The second-order valence-electron chi connectivity index (χ2n) is 7.20. The fourth-order valence-electron chi connectivity index (χ4n) is 1.42. The molecular formula is C14H30O2Si. The topological polar surface area (TPSA) is 26.3 Å². The van der Waals surface area contributed by atoms with Crippen LogP contribution in [0.2, 0.25) is 25.7 Å². The highest BCUT2D eigenvalue weighted by molar-refractivity contribution is 6.76. The van der Waals surface area contributed by atoms with Crippen LogP contribution in [0.3, 0.4) is 0 Å². The summed E-state index contributed by atoms with van der Waals surface area (Å²) < 4.78 is 5.31. The van der Waals surface area contributed by atoms with Crippen LogP contribution in [0.5, 0.6) is 0 Å². The first-order valence-corrected chi connectivity index (χ1v) is 10.4. The predicted molar refractivity (Wildman–Crippen MR) is 77.0 cm³/mol. The molecule has 0 saturated heterocycles. The van der Waals surface area contributed by atoms with Gasteiger partial charge in [0.25, 0.3) is 0 Å². The van der Waals surface area contributed by atoms with Crippen LogP contribution in [-0.2, 0) is 9.53 Å². The van der Waals surface area contributed by atoms with E-state index in [1.807, 2.05) is 0 Å². The zero-order valence-electron chi connectivity index (χ0n) is 12.7.